The zero-order valence-corrected chi connectivity index (χ0v) is 24.6. The molecule has 7 heteroatoms. The predicted octanol–water partition coefficient (Wildman–Crippen LogP) is 4.98. The van der Waals surface area contributed by atoms with Gasteiger partial charge in [-0.1, -0.05) is 45.4 Å². The summed E-state index contributed by atoms with van der Waals surface area (Å²) in [7, 11) is 0. The molecular formula is C33H39NO6. The normalized spacial score (nSPS) is 42.6. The third kappa shape index (κ3) is 3.10. The van der Waals surface area contributed by atoms with Crippen molar-refractivity contribution in [1.82, 2.24) is 5.32 Å². The molecule has 5 aliphatic rings. The van der Waals surface area contributed by atoms with Crippen LogP contribution >= 0.6 is 0 Å². The van der Waals surface area contributed by atoms with Crippen molar-refractivity contribution in [3.8, 4) is 5.75 Å². The number of hydrogen-bond donors (Lipinski definition) is 2. The van der Waals surface area contributed by atoms with Gasteiger partial charge in [-0.2, -0.15) is 0 Å². The van der Waals surface area contributed by atoms with E-state index in [1.54, 1.807) is 19.9 Å². The highest BCUT2D eigenvalue weighted by Crippen LogP contribution is 2.70. The Balaban J connectivity index is 1.72. The molecule has 0 saturated carbocycles. The summed E-state index contributed by atoms with van der Waals surface area (Å²) in [5.74, 6) is -3.07. The standard InChI is InChI=1S/C33H39NO6/c1-14(2)9-21-23-19(7)25(35)16(4)10-15(3)11-18(6)27-31(8)29(38)22-24-20(12-17(5)26(22)36)28(37)32(23,34-30(21)39)13-33(24,27)40-31/h10-12,14-15,19,21,23,27,36H,9,13H2,1-8H3,(H,34,39)/b16-10+,18-11-/t15-,19+,21+,23+,27-,31-,32-,33-/m0/s1. The van der Waals surface area contributed by atoms with Gasteiger partial charge in [-0.25, -0.2) is 0 Å². The van der Waals surface area contributed by atoms with E-state index in [4.69, 9.17) is 4.74 Å². The van der Waals surface area contributed by atoms with Gasteiger partial charge in [0.2, 0.25) is 5.91 Å². The SMILES string of the molecule is C/C1=C/[C@@H](C)/C=C(\C)C(=O)[C@H](C)[C@@H]2[C@@H](CC(C)C)C(=O)N[C@@]23C[C@]24O[C@](C)(C(=O)c5c(O)c(C)cc(c52)C3=O)[C@H]14. The maximum absolute atomic E-state index is 14.8. The number of ketones is 3. The number of hydrogen-bond acceptors (Lipinski definition) is 6. The third-order valence-electron chi connectivity index (χ3n) is 10.4. The van der Waals surface area contributed by atoms with Gasteiger partial charge in [0.15, 0.2) is 17.3 Å². The van der Waals surface area contributed by atoms with Crippen LogP contribution in [0.25, 0.3) is 0 Å². The van der Waals surface area contributed by atoms with Crippen molar-refractivity contribution in [3.63, 3.8) is 0 Å². The first kappa shape index (κ1) is 27.1. The molecule has 212 valence electrons. The zero-order valence-electron chi connectivity index (χ0n) is 24.6. The number of aryl methyl sites for hydroxylation is 1. The molecule has 3 heterocycles. The van der Waals surface area contributed by atoms with E-state index < -0.39 is 40.4 Å². The van der Waals surface area contributed by atoms with E-state index in [0.29, 0.717) is 28.7 Å². The molecule has 2 spiro atoms. The van der Waals surface area contributed by atoms with Gasteiger partial charge in [0.25, 0.3) is 0 Å². The average Bonchev–Trinajstić information content (AvgIpc) is 3.10. The summed E-state index contributed by atoms with van der Waals surface area (Å²) < 4.78 is 6.69. The van der Waals surface area contributed by atoms with Gasteiger partial charge < -0.3 is 15.2 Å². The van der Waals surface area contributed by atoms with Crippen LogP contribution in [0.15, 0.2) is 29.4 Å². The Morgan fingerprint density at radius 1 is 1.07 bits per heavy atom. The van der Waals surface area contributed by atoms with E-state index in [1.165, 1.54) is 0 Å². The summed E-state index contributed by atoms with van der Waals surface area (Å²) in [6.45, 7) is 15.2. The number of Topliss-reactive ketones (excluding diaryl/α,β-unsaturated/α-hetero) is 3. The fourth-order valence-corrected chi connectivity index (χ4v) is 9.28. The van der Waals surface area contributed by atoms with Crippen LogP contribution < -0.4 is 5.32 Å². The first-order valence-corrected chi connectivity index (χ1v) is 14.5. The number of amides is 1. The Kier molecular flexibility index (Phi) is 5.59. The molecule has 2 aliphatic carbocycles. The highest BCUT2D eigenvalue weighted by Gasteiger charge is 2.78. The molecule has 1 aromatic carbocycles. The summed E-state index contributed by atoms with van der Waals surface area (Å²) >= 11 is 0. The van der Waals surface area contributed by atoms with Crippen molar-refractivity contribution >= 4 is 23.3 Å². The average molecular weight is 546 g/mol. The highest BCUT2D eigenvalue weighted by atomic mass is 16.6. The summed E-state index contributed by atoms with van der Waals surface area (Å²) in [5.41, 5.74) is -0.848. The topological polar surface area (TPSA) is 110 Å². The van der Waals surface area contributed by atoms with Crippen LogP contribution in [0.5, 0.6) is 5.75 Å². The molecule has 40 heavy (non-hydrogen) atoms. The molecule has 3 aliphatic heterocycles. The molecule has 0 unspecified atom stereocenters. The largest absolute Gasteiger partial charge is 0.507 e. The van der Waals surface area contributed by atoms with Gasteiger partial charge in [0, 0.05) is 41.2 Å². The maximum Gasteiger partial charge on any atom is 0.224 e. The van der Waals surface area contributed by atoms with Gasteiger partial charge in [-0.15, -0.1) is 0 Å². The van der Waals surface area contributed by atoms with Crippen molar-refractivity contribution in [2.75, 3.05) is 0 Å². The van der Waals surface area contributed by atoms with Crippen molar-refractivity contribution in [1.29, 1.82) is 0 Å². The Morgan fingerprint density at radius 2 is 1.75 bits per heavy atom. The number of benzene rings is 1. The minimum atomic E-state index is -1.38. The molecular weight excluding hydrogens is 506 g/mol. The van der Waals surface area contributed by atoms with Crippen molar-refractivity contribution in [2.24, 2.45) is 35.5 Å². The zero-order chi connectivity index (χ0) is 29.3. The number of nitrogens with one attached hydrogen (secondary N) is 1. The number of fused-ring (bicyclic) bond motifs is 2. The number of ether oxygens (including phenoxy) is 1. The quantitative estimate of drug-likeness (QED) is 0.508. The van der Waals surface area contributed by atoms with Crippen LogP contribution in [0.4, 0.5) is 0 Å². The van der Waals surface area contributed by atoms with Crippen LogP contribution in [0.1, 0.15) is 93.2 Å². The van der Waals surface area contributed by atoms with Gasteiger partial charge in [-0.3, -0.25) is 19.2 Å². The minimum Gasteiger partial charge on any atom is -0.507 e. The minimum absolute atomic E-state index is 0.0680. The van der Waals surface area contributed by atoms with Gasteiger partial charge in [0.05, 0.1) is 5.56 Å². The van der Waals surface area contributed by atoms with Crippen LogP contribution in [-0.2, 0) is 19.9 Å². The van der Waals surface area contributed by atoms with Gasteiger partial charge >= 0.3 is 0 Å². The van der Waals surface area contributed by atoms with Crippen molar-refractivity contribution in [2.45, 2.75) is 85.0 Å². The molecule has 2 fully saturated rings. The van der Waals surface area contributed by atoms with E-state index in [0.717, 1.165) is 5.57 Å². The summed E-state index contributed by atoms with van der Waals surface area (Å²) in [6.07, 6.45) is 4.65. The first-order valence-electron chi connectivity index (χ1n) is 14.5. The number of phenols is 1. The number of allylic oxidation sites excluding steroid dienone is 3. The summed E-state index contributed by atoms with van der Waals surface area (Å²) in [6, 6.07) is 1.64. The Hall–Kier alpha value is -3.06. The molecule has 3 bridgehead atoms. The number of phenolic OH excluding ortho intramolecular Hbond substituents is 1. The van der Waals surface area contributed by atoms with E-state index in [2.05, 4.69) is 11.4 Å². The fraction of sp³-hybridized carbons (Fsp3) is 0.576. The molecule has 8 atom stereocenters. The third-order valence-corrected chi connectivity index (χ3v) is 10.4. The predicted molar refractivity (Wildman–Crippen MR) is 149 cm³/mol. The lowest BCUT2D eigenvalue weighted by Gasteiger charge is -2.68. The highest BCUT2D eigenvalue weighted by molar-refractivity contribution is 6.17. The maximum atomic E-state index is 14.8. The Bertz CT molecular complexity index is 1480. The second-order valence-electron chi connectivity index (χ2n) is 13.7. The number of carbonyl (C=O) groups excluding carboxylic acids is 4. The monoisotopic (exact) mass is 545 g/mol. The van der Waals surface area contributed by atoms with Crippen molar-refractivity contribution in [3.05, 3.63) is 51.6 Å². The molecule has 2 N–H and O–H groups in total. The van der Waals surface area contributed by atoms with E-state index in [-0.39, 0.29) is 52.8 Å². The lowest BCUT2D eigenvalue weighted by Crippen LogP contribution is -2.77. The Labute approximate surface area is 235 Å². The van der Waals surface area contributed by atoms with Crippen molar-refractivity contribution < 1.29 is 29.0 Å². The molecule has 6 rings (SSSR count). The van der Waals surface area contributed by atoms with Gasteiger partial charge in [0.1, 0.15) is 22.5 Å². The molecule has 0 radical (unpaired) electrons. The molecule has 1 amide bonds. The van der Waals surface area contributed by atoms with E-state index in [9.17, 15) is 24.3 Å². The Morgan fingerprint density at radius 3 is 2.40 bits per heavy atom. The molecule has 2 saturated heterocycles. The smallest absolute Gasteiger partial charge is 0.224 e. The lowest BCUT2D eigenvalue weighted by atomic mass is 9.47. The molecule has 0 aromatic heterocycles. The second kappa shape index (κ2) is 8.25. The fourth-order valence-electron chi connectivity index (χ4n) is 9.28. The number of rotatable bonds is 2. The van der Waals surface area contributed by atoms with Crippen LogP contribution in [0.2, 0.25) is 0 Å². The van der Waals surface area contributed by atoms with Crippen LogP contribution in [0.3, 0.4) is 0 Å². The molecule has 1 aromatic rings. The number of aromatic hydroxyl groups is 1. The molecule has 7 nitrogen and oxygen atoms in total. The van der Waals surface area contributed by atoms with Crippen LogP contribution in [-0.4, -0.2) is 39.5 Å². The van der Waals surface area contributed by atoms with Crippen LogP contribution in [0, 0.1) is 42.4 Å². The van der Waals surface area contributed by atoms with E-state index in [1.807, 2.05) is 47.6 Å². The number of carbonyl (C=O) groups is 4. The second-order valence-corrected chi connectivity index (χ2v) is 13.7. The van der Waals surface area contributed by atoms with E-state index >= 15 is 0 Å². The summed E-state index contributed by atoms with van der Waals surface area (Å²) in [5, 5.41) is 14.3. The van der Waals surface area contributed by atoms with Gasteiger partial charge in [-0.05, 0) is 63.2 Å². The first-order chi connectivity index (χ1) is 18.6. The lowest BCUT2D eigenvalue weighted by molar-refractivity contribution is -0.303. The summed E-state index contributed by atoms with van der Waals surface area (Å²) in [4.78, 5) is 56.5.